The summed E-state index contributed by atoms with van der Waals surface area (Å²) in [5, 5.41) is 3.25. The quantitative estimate of drug-likeness (QED) is 0.865. The highest BCUT2D eigenvalue weighted by Crippen LogP contribution is 2.13. The van der Waals surface area contributed by atoms with Crippen LogP contribution in [0.15, 0.2) is 29.6 Å². The Kier molecular flexibility index (Phi) is 5.08. The first-order valence-electron chi connectivity index (χ1n) is 8.07. The summed E-state index contributed by atoms with van der Waals surface area (Å²) in [7, 11) is 0. The van der Waals surface area contributed by atoms with E-state index in [0.29, 0.717) is 6.42 Å². The van der Waals surface area contributed by atoms with Crippen LogP contribution in [0.2, 0.25) is 0 Å². The van der Waals surface area contributed by atoms with E-state index in [9.17, 15) is 4.79 Å². The molecular weight excluding hydrogens is 306 g/mol. The minimum atomic E-state index is 0.234. The second-order valence-corrected chi connectivity index (χ2v) is 7.24. The fraction of sp³-hybridized carbons (Fsp3) is 0.444. The second kappa shape index (κ2) is 7.23. The number of rotatable bonds is 4. The Balaban J connectivity index is 1.48. The van der Waals surface area contributed by atoms with E-state index >= 15 is 0 Å². The van der Waals surface area contributed by atoms with Crippen LogP contribution in [0.5, 0.6) is 0 Å². The van der Waals surface area contributed by atoms with Crippen LogP contribution in [0.3, 0.4) is 0 Å². The van der Waals surface area contributed by atoms with Gasteiger partial charge in [-0.25, -0.2) is 4.98 Å². The summed E-state index contributed by atoms with van der Waals surface area (Å²) in [6.45, 7) is 8.48. The smallest absolute Gasteiger partial charge is 0.227 e. The van der Waals surface area contributed by atoms with Gasteiger partial charge in [0.15, 0.2) is 0 Å². The van der Waals surface area contributed by atoms with E-state index in [2.05, 4.69) is 34.3 Å². The summed E-state index contributed by atoms with van der Waals surface area (Å²) in [5.74, 6) is 0.234. The Bertz CT molecular complexity index is 657. The third-order valence-corrected chi connectivity index (χ3v) is 5.08. The molecule has 1 aliphatic rings. The lowest BCUT2D eigenvalue weighted by Gasteiger charge is -2.34. The van der Waals surface area contributed by atoms with Crippen molar-refractivity contribution in [2.24, 2.45) is 0 Å². The van der Waals surface area contributed by atoms with E-state index in [1.165, 1.54) is 5.56 Å². The van der Waals surface area contributed by atoms with Gasteiger partial charge >= 0.3 is 0 Å². The standard InChI is InChI=1S/C18H23N3OS/c1-14-3-5-16(6-4-14)11-18(22)21-9-7-20(8-10-21)12-17-13-23-15(2)19-17/h3-6,13H,7-12H2,1-2H3. The summed E-state index contributed by atoms with van der Waals surface area (Å²) < 4.78 is 0. The second-order valence-electron chi connectivity index (χ2n) is 6.18. The molecule has 0 radical (unpaired) electrons. The number of aryl methyl sites for hydroxylation is 2. The minimum absolute atomic E-state index is 0.234. The van der Waals surface area contributed by atoms with Gasteiger partial charge in [0.25, 0.3) is 0 Å². The molecule has 1 aromatic heterocycles. The molecule has 1 saturated heterocycles. The number of benzene rings is 1. The first-order chi connectivity index (χ1) is 11.1. The Hall–Kier alpha value is -1.72. The van der Waals surface area contributed by atoms with Gasteiger partial charge < -0.3 is 4.90 Å². The molecule has 122 valence electrons. The van der Waals surface area contributed by atoms with Crippen molar-refractivity contribution in [1.82, 2.24) is 14.8 Å². The van der Waals surface area contributed by atoms with E-state index in [1.807, 2.05) is 24.0 Å². The number of carbonyl (C=O) groups is 1. The van der Waals surface area contributed by atoms with Gasteiger partial charge in [0.1, 0.15) is 0 Å². The van der Waals surface area contributed by atoms with Crippen LogP contribution in [0.4, 0.5) is 0 Å². The van der Waals surface area contributed by atoms with Crippen molar-refractivity contribution in [3.8, 4) is 0 Å². The third-order valence-electron chi connectivity index (χ3n) is 4.25. The van der Waals surface area contributed by atoms with Gasteiger partial charge in [0, 0.05) is 38.1 Å². The molecule has 3 rings (SSSR count). The average molecular weight is 329 g/mol. The maximum Gasteiger partial charge on any atom is 0.227 e. The van der Waals surface area contributed by atoms with Crippen LogP contribution in [0.25, 0.3) is 0 Å². The zero-order valence-electron chi connectivity index (χ0n) is 13.8. The van der Waals surface area contributed by atoms with Crippen LogP contribution in [0, 0.1) is 13.8 Å². The van der Waals surface area contributed by atoms with Gasteiger partial charge in [-0.15, -0.1) is 11.3 Å². The van der Waals surface area contributed by atoms with Crippen LogP contribution >= 0.6 is 11.3 Å². The lowest BCUT2D eigenvalue weighted by molar-refractivity contribution is -0.132. The molecule has 1 aromatic carbocycles. The van der Waals surface area contributed by atoms with Crippen LogP contribution in [-0.4, -0.2) is 46.9 Å². The predicted octanol–water partition coefficient (Wildman–Crippen LogP) is 2.65. The van der Waals surface area contributed by atoms with Crippen molar-refractivity contribution >= 4 is 17.2 Å². The molecule has 0 unspecified atom stereocenters. The molecule has 2 aromatic rings. The molecule has 0 N–H and O–H groups in total. The highest BCUT2D eigenvalue weighted by atomic mass is 32.1. The van der Waals surface area contributed by atoms with Crippen molar-refractivity contribution < 1.29 is 4.79 Å². The first-order valence-corrected chi connectivity index (χ1v) is 8.95. The SMILES string of the molecule is Cc1ccc(CC(=O)N2CCN(Cc3csc(C)n3)CC2)cc1. The van der Waals surface area contributed by atoms with E-state index in [-0.39, 0.29) is 5.91 Å². The summed E-state index contributed by atoms with van der Waals surface area (Å²) in [6.07, 6.45) is 0.506. The number of hydrogen-bond donors (Lipinski definition) is 0. The monoisotopic (exact) mass is 329 g/mol. The Morgan fingerprint density at radius 1 is 1.13 bits per heavy atom. The molecule has 23 heavy (non-hydrogen) atoms. The molecule has 5 heteroatoms. The third kappa shape index (κ3) is 4.39. The van der Waals surface area contributed by atoms with Crippen molar-refractivity contribution in [3.05, 3.63) is 51.5 Å². The van der Waals surface area contributed by atoms with E-state index in [4.69, 9.17) is 0 Å². The lowest BCUT2D eigenvalue weighted by Crippen LogP contribution is -2.48. The Morgan fingerprint density at radius 3 is 2.43 bits per heavy atom. The van der Waals surface area contributed by atoms with Gasteiger partial charge in [0.2, 0.25) is 5.91 Å². The summed E-state index contributed by atoms with van der Waals surface area (Å²) in [6, 6.07) is 8.23. The molecule has 0 bridgehead atoms. The van der Waals surface area contributed by atoms with Crippen molar-refractivity contribution in [2.45, 2.75) is 26.8 Å². The Morgan fingerprint density at radius 2 is 1.83 bits per heavy atom. The average Bonchev–Trinajstić information content (AvgIpc) is 2.95. The van der Waals surface area contributed by atoms with Gasteiger partial charge in [0.05, 0.1) is 17.1 Å². The van der Waals surface area contributed by atoms with Crippen molar-refractivity contribution in [1.29, 1.82) is 0 Å². The van der Waals surface area contributed by atoms with Gasteiger partial charge in [-0.05, 0) is 19.4 Å². The zero-order valence-corrected chi connectivity index (χ0v) is 14.6. The first kappa shape index (κ1) is 16.1. The molecule has 0 atom stereocenters. The maximum absolute atomic E-state index is 12.4. The molecule has 0 aliphatic carbocycles. The van der Waals surface area contributed by atoms with E-state index in [1.54, 1.807) is 11.3 Å². The molecule has 1 amide bonds. The normalized spacial score (nSPS) is 15.8. The number of amides is 1. The molecule has 0 spiro atoms. The number of aromatic nitrogens is 1. The predicted molar refractivity (Wildman–Crippen MR) is 93.6 cm³/mol. The largest absolute Gasteiger partial charge is 0.340 e. The van der Waals surface area contributed by atoms with Gasteiger partial charge in [-0.3, -0.25) is 9.69 Å². The summed E-state index contributed by atoms with van der Waals surface area (Å²) in [5.41, 5.74) is 3.47. The van der Waals surface area contributed by atoms with Crippen LogP contribution in [-0.2, 0) is 17.8 Å². The molecule has 1 fully saturated rings. The van der Waals surface area contributed by atoms with Crippen molar-refractivity contribution in [2.75, 3.05) is 26.2 Å². The fourth-order valence-electron chi connectivity index (χ4n) is 2.86. The number of hydrogen-bond acceptors (Lipinski definition) is 4. The lowest BCUT2D eigenvalue weighted by atomic mass is 10.1. The minimum Gasteiger partial charge on any atom is -0.340 e. The number of piperazine rings is 1. The molecule has 1 aliphatic heterocycles. The van der Waals surface area contributed by atoms with Crippen molar-refractivity contribution in [3.63, 3.8) is 0 Å². The van der Waals surface area contributed by atoms with E-state index in [0.717, 1.165) is 49.0 Å². The fourth-order valence-corrected chi connectivity index (χ4v) is 3.46. The molecule has 2 heterocycles. The Labute approximate surface area is 141 Å². The number of thiazole rings is 1. The van der Waals surface area contributed by atoms with Crippen LogP contribution in [0.1, 0.15) is 21.8 Å². The number of nitrogens with zero attached hydrogens (tertiary/aromatic N) is 3. The van der Waals surface area contributed by atoms with Gasteiger partial charge in [-0.2, -0.15) is 0 Å². The zero-order chi connectivity index (χ0) is 16.2. The molecular formula is C18H23N3OS. The number of carbonyl (C=O) groups excluding carboxylic acids is 1. The topological polar surface area (TPSA) is 36.4 Å². The van der Waals surface area contributed by atoms with Gasteiger partial charge in [-0.1, -0.05) is 29.8 Å². The highest BCUT2D eigenvalue weighted by Gasteiger charge is 2.21. The van der Waals surface area contributed by atoms with E-state index < -0.39 is 0 Å². The maximum atomic E-state index is 12.4. The summed E-state index contributed by atoms with van der Waals surface area (Å²) in [4.78, 5) is 21.3. The molecule has 0 saturated carbocycles. The van der Waals surface area contributed by atoms with Crippen LogP contribution < -0.4 is 0 Å². The summed E-state index contributed by atoms with van der Waals surface area (Å²) >= 11 is 1.70. The molecule has 4 nitrogen and oxygen atoms in total. The highest BCUT2D eigenvalue weighted by molar-refractivity contribution is 7.09.